The standard InChI is InChI=1S/C17H22ClN3O2/c1-11(7-13(3)22)10-19-17(23)16-8-12(2)21(20-16)15-6-4-5-14(18)9-15/h4-6,8-9,11,13,22H,7,10H2,1-3H3,(H,19,23)/t11-,13-/m0/s1. The molecule has 124 valence electrons. The number of carbonyl (C=O) groups excluding carboxylic acids is 1. The minimum atomic E-state index is -0.369. The van der Waals surface area contributed by atoms with Gasteiger partial charge in [0.1, 0.15) is 0 Å². The zero-order valence-corrected chi connectivity index (χ0v) is 14.3. The van der Waals surface area contributed by atoms with E-state index in [0.717, 1.165) is 11.4 Å². The molecule has 5 nitrogen and oxygen atoms in total. The fourth-order valence-corrected chi connectivity index (χ4v) is 2.66. The lowest BCUT2D eigenvalue weighted by atomic mass is 10.0. The highest BCUT2D eigenvalue weighted by Crippen LogP contribution is 2.17. The molecule has 1 aromatic carbocycles. The molecule has 23 heavy (non-hydrogen) atoms. The van der Waals surface area contributed by atoms with Gasteiger partial charge in [0.2, 0.25) is 0 Å². The van der Waals surface area contributed by atoms with E-state index in [9.17, 15) is 9.90 Å². The van der Waals surface area contributed by atoms with Crippen LogP contribution in [0.2, 0.25) is 5.02 Å². The van der Waals surface area contributed by atoms with Gasteiger partial charge in [-0.1, -0.05) is 24.6 Å². The van der Waals surface area contributed by atoms with Gasteiger partial charge in [0.05, 0.1) is 11.8 Å². The lowest BCUT2D eigenvalue weighted by Crippen LogP contribution is -2.29. The molecule has 0 radical (unpaired) electrons. The van der Waals surface area contributed by atoms with Crippen LogP contribution in [0.25, 0.3) is 5.69 Å². The first kappa shape index (κ1) is 17.5. The molecule has 2 N–H and O–H groups in total. The average molecular weight is 336 g/mol. The summed E-state index contributed by atoms with van der Waals surface area (Å²) in [6.07, 6.45) is 0.280. The van der Waals surface area contributed by atoms with Crippen molar-refractivity contribution in [2.45, 2.75) is 33.3 Å². The predicted octanol–water partition coefficient (Wildman–Crippen LogP) is 2.97. The third-order valence-electron chi connectivity index (χ3n) is 3.53. The van der Waals surface area contributed by atoms with Gasteiger partial charge < -0.3 is 10.4 Å². The van der Waals surface area contributed by atoms with Crippen LogP contribution in [0, 0.1) is 12.8 Å². The molecule has 1 amide bonds. The van der Waals surface area contributed by atoms with Crippen LogP contribution in [0.3, 0.4) is 0 Å². The number of rotatable bonds is 6. The Morgan fingerprint density at radius 1 is 1.39 bits per heavy atom. The number of aliphatic hydroxyl groups is 1. The summed E-state index contributed by atoms with van der Waals surface area (Å²) in [4.78, 5) is 12.2. The number of halogens is 1. The van der Waals surface area contributed by atoms with Gasteiger partial charge in [0.25, 0.3) is 5.91 Å². The Bertz CT molecular complexity index is 682. The summed E-state index contributed by atoms with van der Waals surface area (Å²) in [5.41, 5.74) is 2.04. The number of aromatic nitrogens is 2. The lowest BCUT2D eigenvalue weighted by Gasteiger charge is -2.13. The van der Waals surface area contributed by atoms with Crippen LogP contribution < -0.4 is 5.32 Å². The van der Waals surface area contributed by atoms with E-state index in [0.29, 0.717) is 23.7 Å². The predicted molar refractivity (Wildman–Crippen MR) is 91.1 cm³/mol. The SMILES string of the molecule is Cc1cc(C(=O)NC[C@@H](C)C[C@H](C)O)nn1-c1cccc(Cl)c1. The van der Waals surface area contributed by atoms with Crippen molar-refractivity contribution in [3.63, 3.8) is 0 Å². The smallest absolute Gasteiger partial charge is 0.271 e. The Hall–Kier alpha value is -1.85. The Kier molecular flexibility index (Phi) is 5.80. The van der Waals surface area contributed by atoms with E-state index in [2.05, 4.69) is 10.4 Å². The van der Waals surface area contributed by atoms with E-state index in [1.165, 1.54) is 0 Å². The number of nitrogens with zero attached hydrogens (tertiary/aromatic N) is 2. The highest BCUT2D eigenvalue weighted by Gasteiger charge is 2.15. The Morgan fingerprint density at radius 3 is 2.78 bits per heavy atom. The van der Waals surface area contributed by atoms with Crippen molar-refractivity contribution in [1.29, 1.82) is 0 Å². The Morgan fingerprint density at radius 2 is 2.13 bits per heavy atom. The molecular formula is C17H22ClN3O2. The molecule has 0 fully saturated rings. The molecule has 2 atom stereocenters. The minimum Gasteiger partial charge on any atom is -0.393 e. The summed E-state index contributed by atoms with van der Waals surface area (Å²) in [7, 11) is 0. The van der Waals surface area contributed by atoms with Gasteiger partial charge >= 0.3 is 0 Å². The fraction of sp³-hybridized carbons (Fsp3) is 0.412. The first-order chi connectivity index (χ1) is 10.9. The summed E-state index contributed by atoms with van der Waals surface area (Å²) in [6, 6.07) is 9.07. The van der Waals surface area contributed by atoms with Crippen LogP contribution >= 0.6 is 11.6 Å². The number of aliphatic hydroxyl groups excluding tert-OH is 1. The second-order valence-electron chi connectivity index (χ2n) is 5.96. The van der Waals surface area contributed by atoms with Gasteiger partial charge in [0.15, 0.2) is 5.69 Å². The lowest BCUT2D eigenvalue weighted by molar-refractivity contribution is 0.0934. The maximum atomic E-state index is 12.2. The zero-order chi connectivity index (χ0) is 17.0. The molecule has 0 aliphatic rings. The van der Waals surface area contributed by atoms with Crippen molar-refractivity contribution < 1.29 is 9.90 Å². The molecular weight excluding hydrogens is 314 g/mol. The monoisotopic (exact) mass is 335 g/mol. The quantitative estimate of drug-likeness (QED) is 0.852. The third-order valence-corrected chi connectivity index (χ3v) is 3.76. The molecule has 6 heteroatoms. The summed E-state index contributed by atoms with van der Waals surface area (Å²) in [5.74, 6) is -0.0126. The first-order valence-electron chi connectivity index (χ1n) is 7.65. The van der Waals surface area contributed by atoms with E-state index in [1.54, 1.807) is 29.8 Å². The molecule has 0 saturated carbocycles. The molecule has 2 rings (SSSR count). The Labute approximate surface area is 141 Å². The van der Waals surface area contributed by atoms with Crippen molar-refractivity contribution in [2.75, 3.05) is 6.54 Å². The number of nitrogens with one attached hydrogen (secondary N) is 1. The van der Waals surface area contributed by atoms with Crippen LogP contribution in [-0.4, -0.2) is 33.4 Å². The Balaban J connectivity index is 2.07. The summed E-state index contributed by atoms with van der Waals surface area (Å²) >= 11 is 6.00. The van der Waals surface area contributed by atoms with Crippen molar-refractivity contribution in [1.82, 2.24) is 15.1 Å². The minimum absolute atomic E-state index is 0.204. The molecule has 0 bridgehead atoms. The van der Waals surface area contributed by atoms with E-state index in [4.69, 9.17) is 11.6 Å². The number of hydrogen-bond donors (Lipinski definition) is 2. The number of benzene rings is 1. The van der Waals surface area contributed by atoms with Gasteiger partial charge in [-0.15, -0.1) is 0 Å². The van der Waals surface area contributed by atoms with Gasteiger partial charge in [-0.05, 0) is 50.5 Å². The summed E-state index contributed by atoms with van der Waals surface area (Å²) in [6.45, 7) is 6.13. The molecule has 0 aliphatic heterocycles. The molecule has 1 aromatic heterocycles. The molecule has 0 spiro atoms. The van der Waals surface area contributed by atoms with Crippen LogP contribution in [0.5, 0.6) is 0 Å². The van der Waals surface area contributed by atoms with Crippen molar-refractivity contribution >= 4 is 17.5 Å². The van der Waals surface area contributed by atoms with Gasteiger partial charge in [-0.2, -0.15) is 5.10 Å². The van der Waals surface area contributed by atoms with Gasteiger partial charge in [-0.3, -0.25) is 4.79 Å². The van der Waals surface area contributed by atoms with Crippen molar-refractivity contribution in [3.05, 3.63) is 46.7 Å². The molecule has 2 aromatic rings. The normalized spacial score (nSPS) is 13.6. The topological polar surface area (TPSA) is 67.2 Å². The largest absolute Gasteiger partial charge is 0.393 e. The number of amides is 1. The zero-order valence-electron chi connectivity index (χ0n) is 13.6. The van der Waals surface area contributed by atoms with Crippen molar-refractivity contribution in [2.24, 2.45) is 5.92 Å². The molecule has 1 heterocycles. The van der Waals surface area contributed by atoms with Crippen LogP contribution in [0.15, 0.2) is 30.3 Å². The van der Waals surface area contributed by atoms with Crippen LogP contribution in [0.1, 0.15) is 36.5 Å². The van der Waals surface area contributed by atoms with Crippen molar-refractivity contribution in [3.8, 4) is 5.69 Å². The van der Waals surface area contributed by atoms with Crippen LogP contribution in [0.4, 0.5) is 0 Å². The maximum Gasteiger partial charge on any atom is 0.271 e. The van der Waals surface area contributed by atoms with Gasteiger partial charge in [0, 0.05) is 17.3 Å². The second kappa shape index (κ2) is 7.62. The first-order valence-corrected chi connectivity index (χ1v) is 8.03. The second-order valence-corrected chi connectivity index (χ2v) is 6.40. The highest BCUT2D eigenvalue weighted by atomic mass is 35.5. The fourth-order valence-electron chi connectivity index (χ4n) is 2.48. The molecule has 0 aliphatic carbocycles. The third kappa shape index (κ3) is 4.81. The number of aryl methyl sites for hydroxylation is 1. The summed E-state index contributed by atoms with van der Waals surface area (Å²) in [5, 5.41) is 17.2. The molecule has 0 unspecified atom stereocenters. The maximum absolute atomic E-state index is 12.2. The summed E-state index contributed by atoms with van der Waals surface area (Å²) < 4.78 is 1.69. The van der Waals surface area contributed by atoms with Crippen LogP contribution in [-0.2, 0) is 0 Å². The molecule has 0 saturated heterocycles. The highest BCUT2D eigenvalue weighted by molar-refractivity contribution is 6.30. The number of hydrogen-bond acceptors (Lipinski definition) is 3. The van der Waals surface area contributed by atoms with E-state index in [-0.39, 0.29) is 17.9 Å². The average Bonchev–Trinajstić information content (AvgIpc) is 2.86. The van der Waals surface area contributed by atoms with Gasteiger partial charge in [-0.25, -0.2) is 4.68 Å². The van der Waals surface area contributed by atoms with E-state index in [1.807, 2.05) is 26.0 Å². The van der Waals surface area contributed by atoms with E-state index >= 15 is 0 Å². The number of carbonyl (C=O) groups is 1. The van der Waals surface area contributed by atoms with E-state index < -0.39 is 0 Å².